The number of hydrogen-bond acceptors (Lipinski definition) is 4. The van der Waals surface area contributed by atoms with Gasteiger partial charge in [-0.05, 0) is 41.9 Å². The lowest BCUT2D eigenvalue weighted by Gasteiger charge is -2.27. The minimum atomic E-state index is -0.512. The van der Waals surface area contributed by atoms with Crippen molar-refractivity contribution in [3.05, 3.63) is 47.6 Å². The summed E-state index contributed by atoms with van der Waals surface area (Å²) in [6.07, 6.45) is 3.10. The van der Waals surface area contributed by atoms with Gasteiger partial charge in [0.05, 0.1) is 7.11 Å². The highest BCUT2D eigenvalue weighted by Gasteiger charge is 2.32. The predicted molar refractivity (Wildman–Crippen MR) is 97.7 cm³/mol. The average molecular weight is 344 g/mol. The number of thiocarbonyl (C=S) groups is 1. The van der Waals surface area contributed by atoms with Crippen LogP contribution in [0, 0.1) is 0 Å². The van der Waals surface area contributed by atoms with Gasteiger partial charge in [-0.15, -0.1) is 6.58 Å². The van der Waals surface area contributed by atoms with Gasteiger partial charge < -0.3 is 4.74 Å². The summed E-state index contributed by atoms with van der Waals surface area (Å²) in [4.78, 5) is 26.1. The zero-order chi connectivity index (χ0) is 17.9. The highest BCUT2D eigenvalue weighted by atomic mass is 32.1. The number of benzene rings is 1. The van der Waals surface area contributed by atoms with Gasteiger partial charge in [-0.2, -0.15) is 0 Å². The fourth-order valence-corrected chi connectivity index (χ4v) is 2.62. The number of hydrogen-bond donors (Lipinski definition) is 1. The highest BCUT2D eigenvalue weighted by molar-refractivity contribution is 7.80. The second kappa shape index (κ2) is 7.40. The van der Waals surface area contributed by atoms with Gasteiger partial charge in [0.1, 0.15) is 11.3 Å². The molecule has 0 atom stereocenters. The van der Waals surface area contributed by atoms with Crippen LogP contribution < -0.4 is 10.1 Å². The van der Waals surface area contributed by atoms with Crippen LogP contribution in [0.25, 0.3) is 6.08 Å². The first-order chi connectivity index (χ1) is 11.4. The van der Waals surface area contributed by atoms with Crippen LogP contribution in [0.15, 0.2) is 36.4 Å². The zero-order valence-corrected chi connectivity index (χ0v) is 14.8. The van der Waals surface area contributed by atoms with Crippen LogP contribution in [-0.2, 0) is 9.59 Å². The van der Waals surface area contributed by atoms with E-state index < -0.39 is 11.8 Å². The Balaban J connectivity index is 2.50. The molecule has 126 valence electrons. The molecular formula is C18H20N2O3S. The van der Waals surface area contributed by atoms with Crippen LogP contribution in [0.5, 0.6) is 5.75 Å². The molecule has 0 saturated carbocycles. The minimum absolute atomic E-state index is 0.0182. The molecule has 0 bridgehead atoms. The molecule has 1 aliphatic heterocycles. The Kier molecular flexibility index (Phi) is 5.51. The molecule has 24 heavy (non-hydrogen) atoms. The molecular weight excluding hydrogens is 324 g/mol. The van der Waals surface area contributed by atoms with Crippen LogP contribution in [-0.4, -0.2) is 35.5 Å². The molecule has 0 unspecified atom stereocenters. The number of methoxy groups -OCH3 is 1. The summed E-state index contributed by atoms with van der Waals surface area (Å²) in [5, 5.41) is 2.62. The fourth-order valence-electron chi connectivity index (χ4n) is 2.37. The molecule has 0 radical (unpaired) electrons. The van der Waals surface area contributed by atoms with E-state index in [2.05, 4.69) is 25.7 Å². The molecule has 0 aromatic heterocycles. The average Bonchev–Trinajstić information content (AvgIpc) is 2.55. The number of ether oxygens (including phenoxy) is 1. The third-order valence-electron chi connectivity index (χ3n) is 3.72. The normalized spacial score (nSPS) is 16.6. The van der Waals surface area contributed by atoms with Crippen molar-refractivity contribution in [3.63, 3.8) is 0 Å². The standard InChI is InChI=1S/C18H20N2O3S/c1-5-8-20-17(22)14(16(21)19-18(20)24)10-13-9-12(11(2)3)6-7-15(13)23-4/h5-7,9-11H,1,8H2,2-4H3,(H,19,21,24). The van der Waals surface area contributed by atoms with Crippen molar-refractivity contribution in [1.82, 2.24) is 10.2 Å². The lowest BCUT2D eigenvalue weighted by atomic mass is 9.98. The Hall–Kier alpha value is -2.47. The summed E-state index contributed by atoms with van der Waals surface area (Å²) in [5.74, 6) is -0.0485. The van der Waals surface area contributed by atoms with Gasteiger partial charge in [-0.3, -0.25) is 19.8 Å². The van der Waals surface area contributed by atoms with E-state index in [4.69, 9.17) is 17.0 Å². The second-order valence-electron chi connectivity index (χ2n) is 5.68. The Morgan fingerprint density at radius 1 is 1.38 bits per heavy atom. The molecule has 1 saturated heterocycles. The molecule has 1 aromatic rings. The van der Waals surface area contributed by atoms with Gasteiger partial charge in [0.25, 0.3) is 11.8 Å². The topological polar surface area (TPSA) is 58.6 Å². The zero-order valence-electron chi connectivity index (χ0n) is 14.0. The highest BCUT2D eigenvalue weighted by Crippen LogP contribution is 2.27. The Morgan fingerprint density at radius 2 is 2.08 bits per heavy atom. The Labute approximate surface area is 147 Å². The maximum absolute atomic E-state index is 12.6. The molecule has 1 heterocycles. The van der Waals surface area contributed by atoms with Gasteiger partial charge in [0.15, 0.2) is 5.11 Å². The first-order valence-electron chi connectivity index (χ1n) is 7.56. The number of rotatable bonds is 5. The minimum Gasteiger partial charge on any atom is -0.496 e. The first-order valence-corrected chi connectivity index (χ1v) is 7.97. The molecule has 6 heteroatoms. The van der Waals surface area contributed by atoms with Crippen molar-refractivity contribution >= 4 is 35.2 Å². The third kappa shape index (κ3) is 3.54. The van der Waals surface area contributed by atoms with Crippen LogP contribution in [0.4, 0.5) is 0 Å². The fraction of sp³-hybridized carbons (Fsp3) is 0.278. The molecule has 1 N–H and O–H groups in total. The van der Waals surface area contributed by atoms with E-state index in [1.807, 2.05) is 18.2 Å². The molecule has 5 nitrogen and oxygen atoms in total. The van der Waals surface area contributed by atoms with Crippen LogP contribution in [0.3, 0.4) is 0 Å². The van der Waals surface area contributed by atoms with Gasteiger partial charge in [0.2, 0.25) is 0 Å². The predicted octanol–water partition coefficient (Wildman–Crippen LogP) is 2.63. The largest absolute Gasteiger partial charge is 0.496 e. The van der Waals surface area contributed by atoms with E-state index in [0.29, 0.717) is 17.2 Å². The van der Waals surface area contributed by atoms with Gasteiger partial charge >= 0.3 is 0 Å². The second-order valence-corrected chi connectivity index (χ2v) is 6.06. The molecule has 2 amide bonds. The quantitative estimate of drug-likeness (QED) is 0.386. The summed E-state index contributed by atoms with van der Waals surface area (Å²) < 4.78 is 5.34. The Bertz CT molecular complexity index is 738. The van der Waals surface area contributed by atoms with Crippen molar-refractivity contribution in [2.45, 2.75) is 19.8 Å². The van der Waals surface area contributed by atoms with E-state index in [9.17, 15) is 9.59 Å². The molecule has 2 rings (SSSR count). The van der Waals surface area contributed by atoms with Gasteiger partial charge in [-0.1, -0.05) is 26.0 Å². The van der Waals surface area contributed by atoms with E-state index in [1.54, 1.807) is 19.3 Å². The maximum atomic E-state index is 12.6. The molecule has 1 aromatic carbocycles. The third-order valence-corrected chi connectivity index (χ3v) is 4.04. The van der Waals surface area contributed by atoms with E-state index in [1.165, 1.54) is 4.90 Å². The molecule has 0 spiro atoms. The van der Waals surface area contributed by atoms with Crippen LogP contribution >= 0.6 is 12.2 Å². The van der Waals surface area contributed by atoms with E-state index >= 15 is 0 Å². The van der Waals surface area contributed by atoms with Gasteiger partial charge in [-0.25, -0.2) is 0 Å². The van der Waals surface area contributed by atoms with E-state index in [0.717, 1.165) is 5.56 Å². The first kappa shape index (κ1) is 17.9. The lowest BCUT2D eigenvalue weighted by molar-refractivity contribution is -0.128. The summed E-state index contributed by atoms with van der Waals surface area (Å²) in [6, 6.07) is 5.72. The van der Waals surface area contributed by atoms with Crippen molar-refractivity contribution in [3.8, 4) is 5.75 Å². The van der Waals surface area contributed by atoms with Crippen LogP contribution in [0.1, 0.15) is 30.9 Å². The summed E-state index contributed by atoms with van der Waals surface area (Å²) in [7, 11) is 1.55. The maximum Gasteiger partial charge on any atom is 0.265 e. The molecule has 1 fully saturated rings. The Morgan fingerprint density at radius 3 is 2.67 bits per heavy atom. The number of nitrogens with one attached hydrogen (secondary N) is 1. The number of nitrogens with zero attached hydrogens (tertiary/aromatic N) is 1. The van der Waals surface area contributed by atoms with Crippen LogP contribution in [0.2, 0.25) is 0 Å². The molecule has 0 aliphatic carbocycles. The van der Waals surface area contributed by atoms with Gasteiger partial charge in [0, 0.05) is 12.1 Å². The SMILES string of the molecule is C=CCN1C(=O)C(=Cc2cc(C(C)C)ccc2OC)C(=O)NC1=S. The smallest absolute Gasteiger partial charge is 0.265 e. The van der Waals surface area contributed by atoms with Crippen molar-refractivity contribution in [2.75, 3.05) is 13.7 Å². The van der Waals surface area contributed by atoms with Crippen molar-refractivity contribution in [1.29, 1.82) is 0 Å². The number of carbonyl (C=O) groups excluding carboxylic acids is 2. The number of carbonyl (C=O) groups is 2. The monoisotopic (exact) mass is 344 g/mol. The lowest BCUT2D eigenvalue weighted by Crippen LogP contribution is -2.53. The summed E-state index contributed by atoms with van der Waals surface area (Å²) >= 11 is 5.04. The summed E-state index contributed by atoms with van der Waals surface area (Å²) in [6.45, 7) is 7.98. The van der Waals surface area contributed by atoms with Crippen molar-refractivity contribution < 1.29 is 14.3 Å². The molecule has 1 aliphatic rings. The summed E-state index contributed by atoms with van der Waals surface area (Å²) in [5.41, 5.74) is 1.78. The van der Waals surface area contributed by atoms with Crippen molar-refractivity contribution in [2.24, 2.45) is 0 Å². The number of amides is 2. The van der Waals surface area contributed by atoms with E-state index in [-0.39, 0.29) is 17.2 Å².